The highest BCUT2D eigenvalue weighted by molar-refractivity contribution is 4.86. The number of hydroxylamine groups is 2. The molecule has 1 aliphatic heterocycles. The third-order valence-corrected chi connectivity index (χ3v) is 1.34. The number of hydrogen-bond acceptors (Lipinski definition) is 2. The van der Waals surface area contributed by atoms with Crippen LogP contribution in [0.4, 0.5) is 0 Å². The van der Waals surface area contributed by atoms with Gasteiger partial charge in [0, 0.05) is 6.54 Å². The van der Waals surface area contributed by atoms with E-state index in [2.05, 4.69) is 5.92 Å². The van der Waals surface area contributed by atoms with Crippen molar-refractivity contribution in [1.29, 1.82) is 0 Å². The molecule has 9 heavy (non-hydrogen) atoms. The normalized spacial score (nSPS) is 21.2. The maximum Gasteiger partial charge on any atom is 0.0848 e. The molecule has 1 aliphatic rings. The first-order valence-electron chi connectivity index (χ1n) is 3.25. The lowest BCUT2D eigenvalue weighted by atomic mass is 10.3. The molecule has 2 nitrogen and oxygen atoms in total. The van der Waals surface area contributed by atoms with Gasteiger partial charge in [0.05, 0.1) is 13.2 Å². The first-order valence-corrected chi connectivity index (χ1v) is 3.25. The van der Waals surface area contributed by atoms with Crippen molar-refractivity contribution in [3.05, 3.63) is 0 Å². The summed E-state index contributed by atoms with van der Waals surface area (Å²) in [4.78, 5) is 5.21. The van der Waals surface area contributed by atoms with Crippen molar-refractivity contribution in [2.24, 2.45) is 0 Å². The second-order valence-corrected chi connectivity index (χ2v) is 2.11. The smallest absolute Gasteiger partial charge is 0.0848 e. The maximum absolute atomic E-state index is 5.21. The summed E-state index contributed by atoms with van der Waals surface area (Å²) in [6.07, 6.45) is 7.47. The van der Waals surface area contributed by atoms with Crippen LogP contribution in [0.1, 0.15) is 12.8 Å². The third kappa shape index (κ3) is 2.05. The van der Waals surface area contributed by atoms with Crippen LogP contribution in [0.2, 0.25) is 0 Å². The van der Waals surface area contributed by atoms with E-state index < -0.39 is 0 Å². The van der Waals surface area contributed by atoms with Gasteiger partial charge in [-0.25, -0.2) is 0 Å². The number of terminal acetylenes is 1. The summed E-state index contributed by atoms with van der Waals surface area (Å²) in [6, 6.07) is 0. The molecule has 0 unspecified atom stereocenters. The molecule has 1 saturated heterocycles. The SMILES string of the molecule is C#CCN1CCCCO1. The van der Waals surface area contributed by atoms with E-state index in [4.69, 9.17) is 11.3 Å². The predicted molar refractivity (Wildman–Crippen MR) is 35.6 cm³/mol. The fraction of sp³-hybridized carbons (Fsp3) is 0.714. The van der Waals surface area contributed by atoms with E-state index in [1.165, 1.54) is 12.8 Å². The second kappa shape index (κ2) is 3.49. The Hall–Kier alpha value is -0.520. The molecule has 0 atom stereocenters. The Morgan fingerprint density at radius 2 is 2.44 bits per heavy atom. The Morgan fingerprint density at radius 3 is 3.00 bits per heavy atom. The Morgan fingerprint density at radius 1 is 1.56 bits per heavy atom. The van der Waals surface area contributed by atoms with Gasteiger partial charge < -0.3 is 0 Å². The highest BCUT2D eigenvalue weighted by Gasteiger charge is 2.07. The lowest BCUT2D eigenvalue weighted by Crippen LogP contribution is -2.30. The molecule has 0 aromatic carbocycles. The molecule has 0 bridgehead atoms. The van der Waals surface area contributed by atoms with E-state index in [1.54, 1.807) is 0 Å². The van der Waals surface area contributed by atoms with E-state index in [-0.39, 0.29) is 0 Å². The molecule has 0 saturated carbocycles. The molecule has 0 N–H and O–H groups in total. The van der Waals surface area contributed by atoms with Gasteiger partial charge in [-0.3, -0.25) is 4.84 Å². The van der Waals surface area contributed by atoms with Crippen LogP contribution in [-0.2, 0) is 4.84 Å². The summed E-state index contributed by atoms with van der Waals surface area (Å²) in [6.45, 7) is 2.45. The third-order valence-electron chi connectivity index (χ3n) is 1.34. The van der Waals surface area contributed by atoms with E-state index in [0.717, 1.165) is 13.2 Å². The molecule has 0 spiro atoms. The highest BCUT2D eigenvalue weighted by atomic mass is 16.7. The van der Waals surface area contributed by atoms with E-state index in [1.807, 2.05) is 5.06 Å². The van der Waals surface area contributed by atoms with Crippen LogP contribution in [0.5, 0.6) is 0 Å². The number of nitrogens with zero attached hydrogens (tertiary/aromatic N) is 1. The van der Waals surface area contributed by atoms with Crippen molar-refractivity contribution in [3.8, 4) is 12.3 Å². The molecular weight excluding hydrogens is 114 g/mol. The monoisotopic (exact) mass is 125 g/mol. The molecule has 1 heterocycles. The van der Waals surface area contributed by atoms with Gasteiger partial charge in [0.2, 0.25) is 0 Å². The Kier molecular flexibility index (Phi) is 2.56. The van der Waals surface area contributed by atoms with Crippen LogP contribution in [0.25, 0.3) is 0 Å². The van der Waals surface area contributed by atoms with Gasteiger partial charge in [0.15, 0.2) is 0 Å². The summed E-state index contributed by atoms with van der Waals surface area (Å²) < 4.78 is 0. The van der Waals surface area contributed by atoms with E-state index in [0.29, 0.717) is 6.54 Å². The van der Waals surface area contributed by atoms with Gasteiger partial charge in [-0.1, -0.05) is 5.92 Å². The minimum atomic E-state index is 0.625. The van der Waals surface area contributed by atoms with Gasteiger partial charge in [-0.2, -0.15) is 5.06 Å². The molecular formula is C7H11NO. The van der Waals surface area contributed by atoms with Crippen LogP contribution in [0.3, 0.4) is 0 Å². The summed E-state index contributed by atoms with van der Waals surface area (Å²) in [7, 11) is 0. The minimum absolute atomic E-state index is 0.625. The zero-order chi connectivity index (χ0) is 6.53. The van der Waals surface area contributed by atoms with Crippen LogP contribution in [-0.4, -0.2) is 24.8 Å². The van der Waals surface area contributed by atoms with Gasteiger partial charge in [0.1, 0.15) is 0 Å². The van der Waals surface area contributed by atoms with E-state index in [9.17, 15) is 0 Å². The van der Waals surface area contributed by atoms with Crippen molar-refractivity contribution in [2.45, 2.75) is 12.8 Å². The summed E-state index contributed by atoms with van der Waals surface area (Å²) in [5.41, 5.74) is 0. The van der Waals surface area contributed by atoms with Crippen molar-refractivity contribution in [2.75, 3.05) is 19.7 Å². The van der Waals surface area contributed by atoms with Crippen LogP contribution < -0.4 is 0 Å². The molecule has 0 aliphatic carbocycles. The summed E-state index contributed by atoms with van der Waals surface area (Å²) >= 11 is 0. The Bertz CT molecular complexity index is 111. The summed E-state index contributed by atoms with van der Waals surface area (Å²) in [5.74, 6) is 2.54. The highest BCUT2D eigenvalue weighted by Crippen LogP contribution is 2.03. The minimum Gasteiger partial charge on any atom is -0.298 e. The molecule has 0 amide bonds. The van der Waals surface area contributed by atoms with Crippen LogP contribution in [0.15, 0.2) is 0 Å². The Labute approximate surface area is 55.7 Å². The standard InChI is InChI=1S/C7H11NO/c1-2-5-8-6-3-4-7-9-8/h1H,3-7H2. The molecule has 1 fully saturated rings. The van der Waals surface area contributed by atoms with Crippen molar-refractivity contribution < 1.29 is 4.84 Å². The van der Waals surface area contributed by atoms with Crippen molar-refractivity contribution in [3.63, 3.8) is 0 Å². The first-order chi connectivity index (χ1) is 4.43. The largest absolute Gasteiger partial charge is 0.298 e. The van der Waals surface area contributed by atoms with Crippen molar-refractivity contribution in [1.82, 2.24) is 5.06 Å². The van der Waals surface area contributed by atoms with Gasteiger partial charge in [-0.05, 0) is 12.8 Å². The van der Waals surface area contributed by atoms with Crippen molar-refractivity contribution >= 4 is 0 Å². The molecule has 0 aromatic rings. The zero-order valence-electron chi connectivity index (χ0n) is 5.47. The van der Waals surface area contributed by atoms with E-state index >= 15 is 0 Å². The van der Waals surface area contributed by atoms with Crippen LogP contribution in [0, 0.1) is 12.3 Å². The molecule has 2 heteroatoms. The van der Waals surface area contributed by atoms with Gasteiger partial charge >= 0.3 is 0 Å². The van der Waals surface area contributed by atoms with Gasteiger partial charge in [0.25, 0.3) is 0 Å². The lowest BCUT2D eigenvalue weighted by Gasteiger charge is -2.23. The molecule has 50 valence electrons. The Balaban J connectivity index is 2.17. The zero-order valence-corrected chi connectivity index (χ0v) is 5.47. The van der Waals surface area contributed by atoms with Gasteiger partial charge in [-0.15, -0.1) is 6.42 Å². The second-order valence-electron chi connectivity index (χ2n) is 2.11. The topological polar surface area (TPSA) is 12.5 Å². The predicted octanol–water partition coefficient (Wildman–Crippen LogP) is 0.647. The average Bonchev–Trinajstić information content (AvgIpc) is 1.91. The first kappa shape index (κ1) is 6.60. The molecule has 1 rings (SSSR count). The number of rotatable bonds is 1. The number of hydrogen-bond donors (Lipinski definition) is 0. The molecule has 0 radical (unpaired) electrons. The lowest BCUT2D eigenvalue weighted by molar-refractivity contribution is -0.171. The summed E-state index contributed by atoms with van der Waals surface area (Å²) in [5, 5.41) is 1.84. The molecule has 0 aromatic heterocycles. The maximum atomic E-state index is 5.21. The average molecular weight is 125 g/mol. The fourth-order valence-electron chi connectivity index (χ4n) is 0.875. The quantitative estimate of drug-likeness (QED) is 0.477. The van der Waals surface area contributed by atoms with Crippen LogP contribution >= 0.6 is 0 Å². The fourth-order valence-corrected chi connectivity index (χ4v) is 0.875.